The molecule has 0 unspecified atom stereocenters. The molecular weight excluding hydrogens is 328 g/mol. The zero-order chi connectivity index (χ0) is 14.0. The molecule has 0 aliphatic heterocycles. The Morgan fingerprint density at radius 3 is 2.63 bits per heavy atom. The van der Waals surface area contributed by atoms with Gasteiger partial charge >= 0.3 is 0 Å². The van der Waals surface area contributed by atoms with Crippen LogP contribution in [0.2, 0.25) is 5.15 Å². The maximum atomic E-state index is 12.1. The van der Waals surface area contributed by atoms with Gasteiger partial charge in [-0.3, -0.25) is 9.48 Å². The fourth-order valence-corrected chi connectivity index (χ4v) is 2.65. The van der Waals surface area contributed by atoms with Crippen molar-refractivity contribution in [2.24, 2.45) is 7.05 Å². The Balaban J connectivity index is 2.12. The molecule has 0 atom stereocenters. The van der Waals surface area contributed by atoms with Crippen molar-refractivity contribution in [1.82, 2.24) is 9.78 Å². The predicted molar refractivity (Wildman–Crippen MR) is 79.5 cm³/mol. The zero-order valence-electron chi connectivity index (χ0n) is 10.8. The van der Waals surface area contributed by atoms with Crippen LogP contribution < -0.4 is 0 Å². The second-order valence-electron chi connectivity index (χ2n) is 4.46. The topological polar surface area (TPSA) is 34.9 Å². The molecule has 0 saturated carbocycles. The summed E-state index contributed by atoms with van der Waals surface area (Å²) in [4.78, 5) is 12.1. The van der Waals surface area contributed by atoms with E-state index in [2.05, 4.69) is 21.0 Å². The van der Waals surface area contributed by atoms with Crippen LogP contribution in [0.15, 0.2) is 28.7 Å². The fourth-order valence-electron chi connectivity index (χ4n) is 1.99. The van der Waals surface area contributed by atoms with Crippen LogP contribution in [0.1, 0.15) is 16.8 Å². The Kier molecular flexibility index (Phi) is 4.42. The zero-order valence-corrected chi connectivity index (χ0v) is 13.1. The third kappa shape index (κ3) is 3.25. The molecular formula is C14H14BrClN2O. The first kappa shape index (κ1) is 14.3. The minimum Gasteiger partial charge on any atom is -0.299 e. The number of carbonyl (C=O) groups excluding carboxylic acids is 1. The Bertz CT molecular complexity index is 622. The SMILES string of the molecule is Cc1nn(C)c(Cl)c1CC(=O)Cc1ccccc1Br. The number of hydrogen-bond acceptors (Lipinski definition) is 2. The average molecular weight is 342 g/mol. The van der Waals surface area contributed by atoms with E-state index in [0.29, 0.717) is 18.0 Å². The highest BCUT2D eigenvalue weighted by Gasteiger charge is 2.15. The fraction of sp³-hybridized carbons (Fsp3) is 0.286. The van der Waals surface area contributed by atoms with Crippen LogP contribution in [0.25, 0.3) is 0 Å². The molecule has 1 heterocycles. The molecule has 2 aromatic rings. The van der Waals surface area contributed by atoms with E-state index in [1.54, 1.807) is 11.7 Å². The summed E-state index contributed by atoms with van der Waals surface area (Å²) in [5.74, 6) is 0.130. The lowest BCUT2D eigenvalue weighted by atomic mass is 10.0. The van der Waals surface area contributed by atoms with Crippen molar-refractivity contribution in [3.05, 3.63) is 50.7 Å². The molecule has 19 heavy (non-hydrogen) atoms. The lowest BCUT2D eigenvalue weighted by Crippen LogP contribution is -2.07. The van der Waals surface area contributed by atoms with Crippen molar-refractivity contribution in [1.29, 1.82) is 0 Å². The summed E-state index contributed by atoms with van der Waals surface area (Å²) >= 11 is 9.58. The van der Waals surface area contributed by atoms with E-state index in [-0.39, 0.29) is 5.78 Å². The Labute approximate surface area is 125 Å². The van der Waals surface area contributed by atoms with Crippen molar-refractivity contribution in [2.45, 2.75) is 19.8 Å². The molecule has 1 aromatic heterocycles. The monoisotopic (exact) mass is 340 g/mol. The summed E-state index contributed by atoms with van der Waals surface area (Å²) in [6, 6.07) is 7.74. The van der Waals surface area contributed by atoms with Crippen LogP contribution in [-0.4, -0.2) is 15.6 Å². The Hall–Kier alpha value is -1.13. The van der Waals surface area contributed by atoms with E-state index >= 15 is 0 Å². The van der Waals surface area contributed by atoms with E-state index in [1.165, 1.54) is 0 Å². The second kappa shape index (κ2) is 5.88. The Morgan fingerprint density at radius 1 is 1.37 bits per heavy atom. The molecule has 0 N–H and O–H groups in total. The highest BCUT2D eigenvalue weighted by molar-refractivity contribution is 9.10. The highest BCUT2D eigenvalue weighted by Crippen LogP contribution is 2.21. The second-order valence-corrected chi connectivity index (χ2v) is 5.67. The third-order valence-corrected chi connectivity index (χ3v) is 4.24. The first-order valence-corrected chi connectivity index (χ1v) is 7.09. The van der Waals surface area contributed by atoms with E-state index in [0.717, 1.165) is 21.3 Å². The number of aryl methyl sites for hydroxylation is 2. The number of Topliss-reactive ketones (excluding diaryl/α,β-unsaturated/α-hetero) is 1. The lowest BCUT2D eigenvalue weighted by Gasteiger charge is -2.04. The molecule has 3 nitrogen and oxygen atoms in total. The largest absolute Gasteiger partial charge is 0.299 e. The molecule has 0 amide bonds. The van der Waals surface area contributed by atoms with Gasteiger partial charge in [0.2, 0.25) is 0 Å². The molecule has 1 aromatic carbocycles. The van der Waals surface area contributed by atoms with Crippen LogP contribution in [0.4, 0.5) is 0 Å². The molecule has 0 aliphatic carbocycles. The van der Waals surface area contributed by atoms with E-state index in [1.807, 2.05) is 31.2 Å². The number of rotatable bonds is 4. The Morgan fingerprint density at radius 2 is 2.05 bits per heavy atom. The van der Waals surface area contributed by atoms with Gasteiger partial charge < -0.3 is 0 Å². The van der Waals surface area contributed by atoms with Crippen molar-refractivity contribution >= 4 is 33.3 Å². The van der Waals surface area contributed by atoms with Gasteiger partial charge in [0.25, 0.3) is 0 Å². The van der Waals surface area contributed by atoms with Crippen LogP contribution in [0.5, 0.6) is 0 Å². The molecule has 5 heteroatoms. The predicted octanol–water partition coefficient (Wildman–Crippen LogP) is 3.50. The lowest BCUT2D eigenvalue weighted by molar-refractivity contribution is -0.117. The van der Waals surface area contributed by atoms with Crippen molar-refractivity contribution in [2.75, 3.05) is 0 Å². The number of hydrogen-bond donors (Lipinski definition) is 0. The number of nitrogens with zero attached hydrogens (tertiary/aromatic N) is 2. The first-order valence-electron chi connectivity index (χ1n) is 5.92. The first-order chi connectivity index (χ1) is 8.99. The summed E-state index contributed by atoms with van der Waals surface area (Å²) in [5.41, 5.74) is 2.62. The van der Waals surface area contributed by atoms with Gasteiger partial charge in [0.15, 0.2) is 0 Å². The van der Waals surface area contributed by atoms with E-state index in [4.69, 9.17) is 11.6 Å². The minimum atomic E-state index is 0.130. The van der Waals surface area contributed by atoms with E-state index in [9.17, 15) is 4.79 Å². The smallest absolute Gasteiger partial charge is 0.141 e. The molecule has 0 fully saturated rings. The summed E-state index contributed by atoms with van der Waals surface area (Å²) in [6.45, 7) is 1.87. The summed E-state index contributed by atoms with van der Waals surface area (Å²) in [7, 11) is 1.77. The maximum absolute atomic E-state index is 12.1. The van der Waals surface area contributed by atoms with Crippen molar-refractivity contribution in [3.63, 3.8) is 0 Å². The summed E-state index contributed by atoms with van der Waals surface area (Å²) in [5, 5.41) is 4.75. The third-order valence-electron chi connectivity index (χ3n) is 2.99. The van der Waals surface area contributed by atoms with Crippen molar-refractivity contribution in [3.8, 4) is 0 Å². The molecule has 100 valence electrons. The average Bonchev–Trinajstić information content (AvgIpc) is 2.59. The van der Waals surface area contributed by atoms with Crippen molar-refractivity contribution < 1.29 is 4.79 Å². The van der Waals surface area contributed by atoms with Gasteiger partial charge in [-0.1, -0.05) is 45.7 Å². The van der Waals surface area contributed by atoms with Gasteiger partial charge in [0.1, 0.15) is 10.9 Å². The van der Waals surface area contributed by atoms with Crippen LogP contribution in [-0.2, 0) is 24.7 Å². The highest BCUT2D eigenvalue weighted by atomic mass is 79.9. The summed E-state index contributed by atoms with van der Waals surface area (Å²) < 4.78 is 2.55. The number of ketones is 1. The number of benzene rings is 1. The molecule has 0 radical (unpaired) electrons. The number of aromatic nitrogens is 2. The van der Waals surface area contributed by atoms with Crippen LogP contribution >= 0.6 is 27.5 Å². The quantitative estimate of drug-likeness (QED) is 0.853. The summed E-state index contributed by atoms with van der Waals surface area (Å²) in [6.07, 6.45) is 0.714. The molecule has 2 rings (SSSR count). The molecule has 0 spiro atoms. The maximum Gasteiger partial charge on any atom is 0.141 e. The van der Waals surface area contributed by atoms with Gasteiger partial charge in [-0.15, -0.1) is 0 Å². The van der Waals surface area contributed by atoms with Gasteiger partial charge in [0, 0.05) is 29.9 Å². The van der Waals surface area contributed by atoms with Gasteiger partial charge in [0.05, 0.1) is 5.69 Å². The number of halogens is 2. The van der Waals surface area contributed by atoms with E-state index < -0.39 is 0 Å². The molecule has 0 bridgehead atoms. The number of carbonyl (C=O) groups is 1. The minimum absolute atomic E-state index is 0.130. The normalized spacial score (nSPS) is 10.7. The molecule has 0 aliphatic rings. The van der Waals surface area contributed by atoms with Gasteiger partial charge in [-0.25, -0.2) is 0 Å². The van der Waals surface area contributed by atoms with Crippen LogP contribution in [0.3, 0.4) is 0 Å². The standard InChI is InChI=1S/C14H14BrClN2O/c1-9-12(14(16)18(2)17-9)8-11(19)7-10-5-3-4-6-13(10)15/h3-6H,7-8H2,1-2H3. The van der Waals surface area contributed by atoms with Gasteiger partial charge in [-0.05, 0) is 18.6 Å². The molecule has 0 saturated heterocycles. The van der Waals surface area contributed by atoms with Crippen LogP contribution in [0, 0.1) is 6.92 Å². The van der Waals surface area contributed by atoms with Gasteiger partial charge in [-0.2, -0.15) is 5.10 Å².